The Kier molecular flexibility index (Phi) is 2.41. The quantitative estimate of drug-likeness (QED) is 0.816. The van der Waals surface area contributed by atoms with Crippen LogP contribution in [-0.4, -0.2) is 28.6 Å². The molecule has 5 heteroatoms. The van der Waals surface area contributed by atoms with Crippen LogP contribution in [0.4, 0.5) is 5.69 Å². The van der Waals surface area contributed by atoms with Crippen LogP contribution in [0, 0.1) is 0 Å². The minimum absolute atomic E-state index is 0.192. The SMILES string of the molecule is CSc1nc2cc3c(cc2[nH]1)C(C)(C(C)=O)CN3. The van der Waals surface area contributed by atoms with Crippen LogP contribution in [0.15, 0.2) is 17.3 Å². The van der Waals surface area contributed by atoms with Crippen LogP contribution in [0.1, 0.15) is 19.4 Å². The molecule has 94 valence electrons. The third kappa shape index (κ3) is 1.47. The molecule has 0 saturated heterocycles. The number of rotatable bonds is 2. The monoisotopic (exact) mass is 261 g/mol. The number of carbonyl (C=O) groups excluding carboxylic acids is 1. The topological polar surface area (TPSA) is 57.8 Å². The first-order chi connectivity index (χ1) is 8.54. The molecule has 1 aliphatic rings. The van der Waals surface area contributed by atoms with E-state index in [1.165, 1.54) is 0 Å². The Morgan fingerprint density at radius 1 is 1.50 bits per heavy atom. The molecule has 1 aliphatic heterocycles. The van der Waals surface area contributed by atoms with Gasteiger partial charge in [-0.2, -0.15) is 0 Å². The molecular formula is C13H15N3OS. The maximum Gasteiger partial charge on any atom is 0.166 e. The second-order valence-electron chi connectivity index (χ2n) is 4.90. The van der Waals surface area contributed by atoms with E-state index in [9.17, 15) is 4.79 Å². The third-order valence-corrected chi connectivity index (χ3v) is 4.38. The largest absolute Gasteiger partial charge is 0.383 e. The Labute approximate surface area is 110 Å². The first-order valence-electron chi connectivity index (χ1n) is 5.88. The molecule has 1 unspecified atom stereocenters. The molecule has 0 radical (unpaired) electrons. The summed E-state index contributed by atoms with van der Waals surface area (Å²) >= 11 is 1.58. The van der Waals surface area contributed by atoms with E-state index < -0.39 is 5.41 Å². The van der Waals surface area contributed by atoms with Crippen LogP contribution < -0.4 is 5.32 Å². The van der Waals surface area contributed by atoms with Gasteiger partial charge in [0.1, 0.15) is 5.78 Å². The molecule has 1 aromatic heterocycles. The van der Waals surface area contributed by atoms with Crippen molar-refractivity contribution < 1.29 is 4.79 Å². The van der Waals surface area contributed by atoms with E-state index in [4.69, 9.17) is 0 Å². The Balaban J connectivity index is 2.22. The lowest BCUT2D eigenvalue weighted by Crippen LogP contribution is -2.32. The second kappa shape index (κ2) is 3.75. The standard InChI is InChI=1S/C13H15N3OS/c1-7(17)13(2)6-14-9-5-11-10(4-8(9)13)15-12(16-11)18-3/h4-5,14H,6H2,1-3H3,(H,15,16). The number of thioether (sulfide) groups is 1. The van der Waals surface area contributed by atoms with Gasteiger partial charge in [-0.05, 0) is 37.8 Å². The Morgan fingerprint density at radius 2 is 2.28 bits per heavy atom. The molecule has 0 bridgehead atoms. The number of aromatic amines is 1. The molecule has 1 aromatic carbocycles. The maximum atomic E-state index is 11.9. The van der Waals surface area contributed by atoms with Gasteiger partial charge in [0.25, 0.3) is 0 Å². The molecule has 0 aliphatic carbocycles. The van der Waals surface area contributed by atoms with E-state index >= 15 is 0 Å². The summed E-state index contributed by atoms with van der Waals surface area (Å²) in [6.07, 6.45) is 1.99. The number of carbonyl (C=O) groups is 1. The molecule has 2 heterocycles. The van der Waals surface area contributed by atoms with Crippen LogP contribution in [0.25, 0.3) is 11.0 Å². The summed E-state index contributed by atoms with van der Waals surface area (Å²) < 4.78 is 0. The predicted molar refractivity (Wildman–Crippen MR) is 74.4 cm³/mol. The highest BCUT2D eigenvalue weighted by molar-refractivity contribution is 7.98. The van der Waals surface area contributed by atoms with Gasteiger partial charge in [-0.15, -0.1) is 0 Å². The first kappa shape index (κ1) is 11.6. The molecule has 0 spiro atoms. The lowest BCUT2D eigenvalue weighted by Gasteiger charge is -2.19. The van der Waals surface area contributed by atoms with E-state index in [0.717, 1.165) is 27.4 Å². The van der Waals surface area contributed by atoms with E-state index in [-0.39, 0.29) is 5.78 Å². The van der Waals surface area contributed by atoms with Gasteiger partial charge in [-0.25, -0.2) is 4.98 Å². The van der Waals surface area contributed by atoms with Gasteiger partial charge in [0, 0.05) is 12.2 Å². The van der Waals surface area contributed by atoms with Gasteiger partial charge >= 0.3 is 0 Å². The number of hydrogen-bond donors (Lipinski definition) is 2. The zero-order chi connectivity index (χ0) is 12.9. The van der Waals surface area contributed by atoms with Gasteiger partial charge in [-0.3, -0.25) is 4.79 Å². The highest BCUT2D eigenvalue weighted by Gasteiger charge is 2.39. The minimum Gasteiger partial charge on any atom is -0.383 e. The van der Waals surface area contributed by atoms with Crippen molar-refractivity contribution >= 4 is 34.3 Å². The molecule has 1 atom stereocenters. The molecule has 4 nitrogen and oxygen atoms in total. The van der Waals surface area contributed by atoms with Crippen LogP contribution in [0.5, 0.6) is 0 Å². The van der Waals surface area contributed by atoms with Gasteiger partial charge in [-0.1, -0.05) is 11.8 Å². The van der Waals surface area contributed by atoms with E-state index in [2.05, 4.69) is 21.4 Å². The summed E-state index contributed by atoms with van der Waals surface area (Å²) in [4.78, 5) is 19.6. The van der Waals surface area contributed by atoms with Gasteiger partial charge < -0.3 is 10.3 Å². The number of anilines is 1. The second-order valence-corrected chi connectivity index (χ2v) is 5.70. The van der Waals surface area contributed by atoms with Crippen molar-refractivity contribution in [3.8, 4) is 0 Å². The lowest BCUT2D eigenvalue weighted by molar-refractivity contribution is -0.121. The van der Waals surface area contributed by atoms with Crippen molar-refractivity contribution in [2.75, 3.05) is 18.1 Å². The van der Waals surface area contributed by atoms with Crippen molar-refractivity contribution in [3.63, 3.8) is 0 Å². The van der Waals surface area contributed by atoms with Crippen LogP contribution >= 0.6 is 11.8 Å². The summed E-state index contributed by atoms with van der Waals surface area (Å²) in [5.41, 5.74) is 3.61. The molecule has 2 N–H and O–H groups in total. The fraction of sp³-hybridized carbons (Fsp3) is 0.385. The van der Waals surface area contributed by atoms with E-state index in [1.54, 1.807) is 18.7 Å². The molecule has 2 aromatic rings. The van der Waals surface area contributed by atoms with Crippen LogP contribution in [0.3, 0.4) is 0 Å². The highest BCUT2D eigenvalue weighted by atomic mass is 32.2. The lowest BCUT2D eigenvalue weighted by atomic mass is 9.81. The number of H-pyrrole nitrogens is 1. The number of imidazole rings is 1. The Bertz CT molecular complexity index is 649. The fourth-order valence-corrected chi connectivity index (χ4v) is 2.82. The fourth-order valence-electron chi connectivity index (χ4n) is 2.41. The van der Waals surface area contributed by atoms with Gasteiger partial charge in [0.15, 0.2) is 5.16 Å². The maximum absolute atomic E-state index is 11.9. The molecule has 0 saturated carbocycles. The number of aromatic nitrogens is 2. The average molecular weight is 261 g/mol. The van der Waals surface area contributed by atoms with Crippen molar-refractivity contribution in [2.45, 2.75) is 24.4 Å². The molecule has 0 fully saturated rings. The smallest absolute Gasteiger partial charge is 0.166 e. The minimum atomic E-state index is -0.422. The van der Waals surface area contributed by atoms with Gasteiger partial charge in [0.05, 0.1) is 16.4 Å². The number of Topliss-reactive ketones (excluding diaryl/α,β-unsaturated/α-hetero) is 1. The zero-order valence-electron chi connectivity index (χ0n) is 10.6. The van der Waals surface area contributed by atoms with Crippen molar-refractivity contribution in [1.82, 2.24) is 9.97 Å². The average Bonchev–Trinajstić information content (AvgIpc) is 2.89. The van der Waals surface area contributed by atoms with Crippen LogP contribution in [-0.2, 0) is 10.2 Å². The molecular weight excluding hydrogens is 246 g/mol. The van der Waals surface area contributed by atoms with E-state index in [1.807, 2.05) is 19.2 Å². The number of benzene rings is 1. The number of fused-ring (bicyclic) bond motifs is 2. The molecule has 3 rings (SSSR count). The predicted octanol–water partition coefficient (Wildman–Crippen LogP) is 2.56. The highest BCUT2D eigenvalue weighted by Crippen LogP contribution is 2.39. The number of nitrogens with zero attached hydrogens (tertiary/aromatic N) is 1. The normalized spacial score (nSPS) is 21.9. The number of hydrogen-bond acceptors (Lipinski definition) is 4. The summed E-state index contributed by atoms with van der Waals surface area (Å²) in [6, 6.07) is 4.08. The number of nitrogens with one attached hydrogen (secondary N) is 2. The first-order valence-corrected chi connectivity index (χ1v) is 7.10. The summed E-state index contributed by atoms with van der Waals surface area (Å²) in [5, 5.41) is 4.21. The molecule has 18 heavy (non-hydrogen) atoms. The van der Waals surface area contributed by atoms with E-state index in [0.29, 0.717) is 6.54 Å². The zero-order valence-corrected chi connectivity index (χ0v) is 11.4. The summed E-state index contributed by atoms with van der Waals surface area (Å²) in [6.45, 7) is 4.31. The summed E-state index contributed by atoms with van der Waals surface area (Å²) in [7, 11) is 0. The van der Waals surface area contributed by atoms with Crippen molar-refractivity contribution in [1.29, 1.82) is 0 Å². The Morgan fingerprint density at radius 3 is 2.94 bits per heavy atom. The van der Waals surface area contributed by atoms with Crippen LogP contribution in [0.2, 0.25) is 0 Å². The van der Waals surface area contributed by atoms with Gasteiger partial charge in [0.2, 0.25) is 0 Å². The Hall–Kier alpha value is -1.49. The molecule has 0 amide bonds. The number of ketones is 1. The van der Waals surface area contributed by atoms with Crippen molar-refractivity contribution in [2.24, 2.45) is 0 Å². The third-order valence-electron chi connectivity index (χ3n) is 3.80. The summed E-state index contributed by atoms with van der Waals surface area (Å²) in [5.74, 6) is 0.192. The van der Waals surface area contributed by atoms with Crippen molar-refractivity contribution in [3.05, 3.63) is 17.7 Å².